The molecule has 2 heterocycles. The smallest absolute Gasteiger partial charge is 0.123 e. The van der Waals surface area contributed by atoms with Crippen molar-refractivity contribution in [1.82, 2.24) is 0 Å². The van der Waals surface area contributed by atoms with Gasteiger partial charge in [0.25, 0.3) is 0 Å². The van der Waals surface area contributed by atoms with Gasteiger partial charge in [0.15, 0.2) is 0 Å². The molecule has 0 amide bonds. The number of hydrogen-bond donors (Lipinski definition) is 1. The first-order chi connectivity index (χ1) is 10.2. The van der Waals surface area contributed by atoms with Crippen molar-refractivity contribution in [3.8, 4) is 5.75 Å². The summed E-state index contributed by atoms with van der Waals surface area (Å²) < 4.78 is 7.06. The van der Waals surface area contributed by atoms with E-state index in [1.165, 1.54) is 21.2 Å². The molecule has 0 saturated carbocycles. The van der Waals surface area contributed by atoms with Gasteiger partial charge < -0.3 is 10.5 Å². The first kappa shape index (κ1) is 12.9. The van der Waals surface area contributed by atoms with Gasteiger partial charge in [0, 0.05) is 11.1 Å². The molecule has 0 spiro atoms. The molecule has 21 heavy (non-hydrogen) atoms. The second-order valence-corrected chi connectivity index (χ2v) is 6.58. The largest absolute Gasteiger partial charge is 0.490 e. The quantitative estimate of drug-likeness (QED) is 0.766. The maximum absolute atomic E-state index is 6.52. The van der Waals surface area contributed by atoms with E-state index in [0.717, 1.165) is 17.7 Å². The Hall–Kier alpha value is -1.84. The van der Waals surface area contributed by atoms with Crippen molar-refractivity contribution in [2.24, 2.45) is 5.73 Å². The third-order valence-electron chi connectivity index (χ3n) is 4.13. The van der Waals surface area contributed by atoms with E-state index < -0.39 is 0 Å². The fourth-order valence-electron chi connectivity index (χ4n) is 3.05. The van der Waals surface area contributed by atoms with E-state index >= 15 is 0 Å². The number of rotatable bonds is 2. The maximum atomic E-state index is 6.52. The number of hydrogen-bond acceptors (Lipinski definition) is 3. The van der Waals surface area contributed by atoms with Crippen LogP contribution in [0.4, 0.5) is 0 Å². The number of thiophene rings is 1. The molecular weight excluding hydrogens is 278 g/mol. The Morgan fingerprint density at radius 2 is 2.10 bits per heavy atom. The minimum absolute atomic E-state index is 0.0812. The Morgan fingerprint density at radius 3 is 3.00 bits per heavy atom. The van der Waals surface area contributed by atoms with Crippen molar-refractivity contribution in [2.45, 2.75) is 25.5 Å². The molecule has 1 aliphatic heterocycles. The van der Waals surface area contributed by atoms with Crippen LogP contribution in [0.3, 0.4) is 0 Å². The van der Waals surface area contributed by atoms with Crippen molar-refractivity contribution in [3.63, 3.8) is 0 Å². The molecule has 0 saturated heterocycles. The summed E-state index contributed by atoms with van der Waals surface area (Å²) in [4.78, 5) is 0. The summed E-state index contributed by atoms with van der Waals surface area (Å²) in [6.45, 7) is 2.10. The molecule has 0 bridgehead atoms. The lowest BCUT2D eigenvalue weighted by molar-refractivity contribution is 0.254. The van der Waals surface area contributed by atoms with Crippen LogP contribution in [0, 0.1) is 0 Å². The number of nitrogens with two attached hydrogens (primary N) is 1. The van der Waals surface area contributed by atoms with Crippen LogP contribution >= 0.6 is 11.3 Å². The highest BCUT2D eigenvalue weighted by Gasteiger charge is 2.21. The van der Waals surface area contributed by atoms with Gasteiger partial charge >= 0.3 is 0 Å². The zero-order valence-electron chi connectivity index (χ0n) is 11.9. The molecule has 2 atom stereocenters. The third kappa shape index (κ3) is 2.13. The number of fused-ring (bicyclic) bond motifs is 2. The SMILES string of the molecule is CC1Cc2cc(C(N)c3csc4ccccc34)ccc2O1. The topological polar surface area (TPSA) is 35.2 Å². The molecule has 106 valence electrons. The van der Waals surface area contributed by atoms with E-state index in [0.29, 0.717) is 0 Å². The molecular formula is C18H17NOS. The van der Waals surface area contributed by atoms with Gasteiger partial charge in [0.1, 0.15) is 11.9 Å². The fraction of sp³-hybridized carbons (Fsp3) is 0.222. The molecule has 2 nitrogen and oxygen atoms in total. The van der Waals surface area contributed by atoms with Crippen LogP contribution in [0.2, 0.25) is 0 Å². The van der Waals surface area contributed by atoms with E-state index in [2.05, 4.69) is 54.8 Å². The van der Waals surface area contributed by atoms with Gasteiger partial charge in [-0.2, -0.15) is 0 Å². The summed E-state index contributed by atoms with van der Waals surface area (Å²) in [6.07, 6.45) is 1.24. The van der Waals surface area contributed by atoms with Gasteiger partial charge in [-0.25, -0.2) is 0 Å². The minimum atomic E-state index is -0.0812. The Labute approximate surface area is 128 Å². The highest BCUT2D eigenvalue weighted by molar-refractivity contribution is 7.17. The lowest BCUT2D eigenvalue weighted by Gasteiger charge is -2.13. The molecule has 0 radical (unpaired) electrons. The fourth-order valence-corrected chi connectivity index (χ4v) is 4.05. The Balaban J connectivity index is 1.75. The molecule has 0 aliphatic carbocycles. The molecule has 1 aliphatic rings. The van der Waals surface area contributed by atoms with E-state index in [9.17, 15) is 0 Å². The normalized spacial score (nSPS) is 18.5. The molecule has 4 rings (SSSR count). The summed E-state index contributed by atoms with van der Waals surface area (Å²) in [7, 11) is 0. The molecule has 0 fully saturated rings. The first-order valence-electron chi connectivity index (χ1n) is 7.23. The van der Waals surface area contributed by atoms with Crippen molar-refractivity contribution < 1.29 is 4.74 Å². The van der Waals surface area contributed by atoms with E-state index in [1.807, 2.05) is 0 Å². The first-order valence-corrected chi connectivity index (χ1v) is 8.11. The molecule has 3 aromatic rings. The summed E-state index contributed by atoms with van der Waals surface area (Å²) in [5, 5.41) is 3.45. The standard InChI is InChI=1S/C18H17NOS/c1-11-8-13-9-12(6-7-16(13)20-11)18(19)15-10-21-17-5-3-2-4-14(15)17/h2-7,9-11,18H,8,19H2,1H3. The van der Waals surface area contributed by atoms with Crippen LogP contribution in [-0.2, 0) is 6.42 Å². The van der Waals surface area contributed by atoms with Gasteiger partial charge in [-0.3, -0.25) is 0 Å². The monoisotopic (exact) mass is 295 g/mol. The van der Waals surface area contributed by atoms with Crippen LogP contribution in [0.15, 0.2) is 47.8 Å². The minimum Gasteiger partial charge on any atom is -0.490 e. The predicted molar refractivity (Wildman–Crippen MR) is 88.1 cm³/mol. The zero-order valence-corrected chi connectivity index (χ0v) is 12.7. The van der Waals surface area contributed by atoms with E-state index in [4.69, 9.17) is 10.5 Å². The Kier molecular flexibility index (Phi) is 2.98. The highest BCUT2D eigenvalue weighted by Crippen LogP contribution is 2.35. The van der Waals surface area contributed by atoms with Crippen molar-refractivity contribution in [3.05, 3.63) is 64.5 Å². The lowest BCUT2D eigenvalue weighted by atomic mass is 9.96. The average molecular weight is 295 g/mol. The summed E-state index contributed by atoms with van der Waals surface area (Å²) in [6, 6.07) is 14.7. The third-order valence-corrected chi connectivity index (χ3v) is 5.11. The summed E-state index contributed by atoms with van der Waals surface area (Å²) in [5.41, 5.74) is 10.2. The van der Waals surface area contributed by atoms with Crippen LogP contribution < -0.4 is 10.5 Å². The van der Waals surface area contributed by atoms with Crippen LogP contribution in [0.25, 0.3) is 10.1 Å². The Bertz CT molecular complexity index is 808. The number of benzene rings is 2. The lowest BCUT2D eigenvalue weighted by Crippen LogP contribution is -2.11. The van der Waals surface area contributed by atoms with Crippen LogP contribution in [0.1, 0.15) is 29.7 Å². The van der Waals surface area contributed by atoms with Gasteiger partial charge in [0.05, 0.1) is 6.04 Å². The van der Waals surface area contributed by atoms with Crippen molar-refractivity contribution >= 4 is 21.4 Å². The van der Waals surface area contributed by atoms with Gasteiger partial charge in [-0.1, -0.05) is 30.3 Å². The zero-order chi connectivity index (χ0) is 14.4. The van der Waals surface area contributed by atoms with Gasteiger partial charge in [-0.15, -0.1) is 11.3 Å². The van der Waals surface area contributed by atoms with Crippen LogP contribution in [0.5, 0.6) is 5.75 Å². The highest BCUT2D eigenvalue weighted by atomic mass is 32.1. The summed E-state index contributed by atoms with van der Waals surface area (Å²) in [5.74, 6) is 1.01. The molecule has 3 heteroatoms. The predicted octanol–water partition coefficient (Wildman–Crippen LogP) is 4.27. The summed E-state index contributed by atoms with van der Waals surface area (Å²) >= 11 is 1.76. The second-order valence-electron chi connectivity index (χ2n) is 5.66. The molecule has 2 aromatic carbocycles. The average Bonchev–Trinajstić information content (AvgIpc) is 3.07. The molecule has 2 N–H and O–H groups in total. The van der Waals surface area contributed by atoms with Gasteiger partial charge in [0.2, 0.25) is 0 Å². The maximum Gasteiger partial charge on any atom is 0.123 e. The van der Waals surface area contributed by atoms with E-state index in [-0.39, 0.29) is 12.1 Å². The van der Waals surface area contributed by atoms with Gasteiger partial charge in [-0.05, 0) is 46.5 Å². The van der Waals surface area contributed by atoms with Crippen molar-refractivity contribution in [1.29, 1.82) is 0 Å². The molecule has 2 unspecified atom stereocenters. The van der Waals surface area contributed by atoms with E-state index in [1.54, 1.807) is 11.3 Å². The Morgan fingerprint density at radius 1 is 1.24 bits per heavy atom. The van der Waals surface area contributed by atoms with Crippen molar-refractivity contribution in [2.75, 3.05) is 0 Å². The number of ether oxygens (including phenoxy) is 1. The van der Waals surface area contributed by atoms with Crippen LogP contribution in [-0.4, -0.2) is 6.10 Å². The molecule has 1 aromatic heterocycles. The second kappa shape index (κ2) is 4.86.